The molecule has 0 saturated carbocycles. The van der Waals surface area contributed by atoms with Crippen molar-refractivity contribution in [2.24, 2.45) is 0 Å². The topological polar surface area (TPSA) is 32.3 Å². The number of rotatable bonds is 2. The quantitative estimate of drug-likeness (QED) is 0.878. The molecule has 1 N–H and O–H groups in total. The smallest absolute Gasteiger partial charge is 0.261 e. The molecule has 2 unspecified atom stereocenters. The molecule has 0 spiro atoms. The number of nitrogens with one attached hydrogen (secondary N) is 1. The Morgan fingerprint density at radius 1 is 1.40 bits per heavy atom. The van der Waals surface area contributed by atoms with Gasteiger partial charge in [-0.1, -0.05) is 6.42 Å². The van der Waals surface area contributed by atoms with Gasteiger partial charge in [0.1, 0.15) is 0 Å². The SMILES string of the molecule is Cc1cc(C(=O)NC2CC3CCCC(C2)N3C)sc1Br. The van der Waals surface area contributed by atoms with E-state index in [0.717, 1.165) is 27.1 Å². The number of thiophene rings is 1. The molecule has 2 atom stereocenters. The van der Waals surface area contributed by atoms with Gasteiger partial charge in [-0.05, 0) is 67.2 Å². The van der Waals surface area contributed by atoms with Crippen LogP contribution in [-0.4, -0.2) is 36.0 Å². The van der Waals surface area contributed by atoms with Crippen molar-refractivity contribution in [3.05, 3.63) is 20.3 Å². The Morgan fingerprint density at radius 2 is 2.05 bits per heavy atom. The minimum Gasteiger partial charge on any atom is -0.348 e. The van der Waals surface area contributed by atoms with Crippen molar-refractivity contribution in [1.29, 1.82) is 0 Å². The van der Waals surface area contributed by atoms with Gasteiger partial charge in [0, 0.05) is 18.1 Å². The first-order valence-electron chi connectivity index (χ1n) is 7.33. The second-order valence-electron chi connectivity index (χ2n) is 6.11. The van der Waals surface area contributed by atoms with Crippen molar-refractivity contribution in [1.82, 2.24) is 10.2 Å². The summed E-state index contributed by atoms with van der Waals surface area (Å²) in [5, 5.41) is 3.25. The minimum absolute atomic E-state index is 0.0939. The highest BCUT2D eigenvalue weighted by atomic mass is 79.9. The van der Waals surface area contributed by atoms with Gasteiger partial charge in [-0.25, -0.2) is 0 Å². The zero-order chi connectivity index (χ0) is 14.3. The molecule has 2 bridgehead atoms. The zero-order valence-electron chi connectivity index (χ0n) is 12.0. The predicted octanol–water partition coefficient (Wildman–Crippen LogP) is 3.56. The molecular weight excluding hydrogens is 336 g/mol. The Bertz CT molecular complexity index is 482. The summed E-state index contributed by atoms with van der Waals surface area (Å²) < 4.78 is 1.06. The molecule has 3 rings (SSSR count). The number of piperidine rings is 2. The van der Waals surface area contributed by atoms with E-state index in [4.69, 9.17) is 0 Å². The maximum Gasteiger partial charge on any atom is 0.261 e. The molecule has 1 amide bonds. The summed E-state index contributed by atoms with van der Waals surface area (Å²) in [7, 11) is 2.24. The van der Waals surface area contributed by atoms with Crippen LogP contribution in [0.5, 0.6) is 0 Å². The lowest BCUT2D eigenvalue weighted by Gasteiger charge is -2.47. The molecule has 2 aliphatic heterocycles. The number of hydrogen-bond acceptors (Lipinski definition) is 3. The van der Waals surface area contributed by atoms with Crippen molar-refractivity contribution in [3.8, 4) is 0 Å². The van der Waals surface area contributed by atoms with Crippen molar-refractivity contribution in [2.45, 2.75) is 57.2 Å². The number of hydrogen-bond donors (Lipinski definition) is 1. The van der Waals surface area contributed by atoms with Crippen LogP contribution in [0.4, 0.5) is 0 Å². The van der Waals surface area contributed by atoms with Gasteiger partial charge in [0.2, 0.25) is 0 Å². The van der Waals surface area contributed by atoms with E-state index in [1.807, 2.05) is 13.0 Å². The Morgan fingerprint density at radius 3 is 2.60 bits per heavy atom. The summed E-state index contributed by atoms with van der Waals surface area (Å²) >= 11 is 5.02. The maximum atomic E-state index is 12.3. The summed E-state index contributed by atoms with van der Waals surface area (Å²) in [6.07, 6.45) is 6.11. The number of aryl methyl sites for hydroxylation is 1. The van der Waals surface area contributed by atoms with Gasteiger partial charge in [0.15, 0.2) is 0 Å². The molecule has 20 heavy (non-hydrogen) atoms. The highest BCUT2D eigenvalue weighted by molar-refractivity contribution is 9.11. The lowest BCUT2D eigenvalue weighted by molar-refractivity contribution is 0.0464. The third-order valence-electron chi connectivity index (χ3n) is 4.76. The van der Waals surface area contributed by atoms with Crippen LogP contribution in [0.1, 0.15) is 47.3 Å². The van der Waals surface area contributed by atoms with E-state index in [2.05, 4.69) is 33.2 Å². The normalized spacial score (nSPS) is 30.2. The van der Waals surface area contributed by atoms with E-state index in [1.54, 1.807) is 0 Å². The van der Waals surface area contributed by atoms with E-state index in [9.17, 15) is 4.79 Å². The lowest BCUT2D eigenvalue weighted by atomic mass is 9.82. The number of amides is 1. The Balaban J connectivity index is 1.65. The molecule has 1 aromatic heterocycles. The molecule has 5 heteroatoms. The molecular formula is C15H21BrN2OS. The highest BCUT2D eigenvalue weighted by Crippen LogP contribution is 2.33. The maximum absolute atomic E-state index is 12.3. The number of fused-ring (bicyclic) bond motifs is 2. The van der Waals surface area contributed by atoms with Crippen LogP contribution in [0.2, 0.25) is 0 Å². The molecule has 110 valence electrons. The summed E-state index contributed by atoms with van der Waals surface area (Å²) in [4.78, 5) is 15.7. The third-order valence-corrected chi connectivity index (χ3v) is 6.89. The molecule has 0 aliphatic carbocycles. The molecule has 3 nitrogen and oxygen atoms in total. The summed E-state index contributed by atoms with van der Waals surface area (Å²) in [6.45, 7) is 2.03. The summed E-state index contributed by atoms with van der Waals surface area (Å²) in [5.74, 6) is 0.0939. The summed E-state index contributed by atoms with van der Waals surface area (Å²) in [6, 6.07) is 3.63. The van der Waals surface area contributed by atoms with E-state index in [1.165, 1.54) is 30.6 Å². The summed E-state index contributed by atoms with van der Waals surface area (Å²) in [5.41, 5.74) is 1.14. The Hall–Kier alpha value is -0.390. The molecule has 2 saturated heterocycles. The fourth-order valence-corrected chi connectivity index (χ4v) is 5.00. The molecule has 2 fully saturated rings. The van der Waals surface area contributed by atoms with Crippen LogP contribution in [0.3, 0.4) is 0 Å². The van der Waals surface area contributed by atoms with Crippen LogP contribution in [0.15, 0.2) is 9.85 Å². The zero-order valence-corrected chi connectivity index (χ0v) is 14.4. The van der Waals surface area contributed by atoms with E-state index < -0.39 is 0 Å². The minimum atomic E-state index is 0.0939. The first-order valence-corrected chi connectivity index (χ1v) is 8.94. The number of halogens is 1. The second kappa shape index (κ2) is 5.78. The molecule has 1 aromatic rings. The predicted molar refractivity (Wildman–Crippen MR) is 86.4 cm³/mol. The molecule has 2 aliphatic rings. The van der Waals surface area contributed by atoms with Gasteiger partial charge in [-0.3, -0.25) is 4.79 Å². The first-order chi connectivity index (χ1) is 9.54. The molecule has 3 heterocycles. The van der Waals surface area contributed by atoms with Gasteiger partial charge >= 0.3 is 0 Å². The first kappa shape index (κ1) is 14.5. The van der Waals surface area contributed by atoms with Crippen molar-refractivity contribution >= 4 is 33.2 Å². The lowest BCUT2D eigenvalue weighted by Crippen LogP contribution is -2.55. The van der Waals surface area contributed by atoms with Crippen molar-refractivity contribution in [3.63, 3.8) is 0 Å². The Kier molecular flexibility index (Phi) is 4.20. The van der Waals surface area contributed by atoms with E-state index in [0.29, 0.717) is 18.1 Å². The average molecular weight is 357 g/mol. The van der Waals surface area contributed by atoms with Gasteiger partial charge in [-0.15, -0.1) is 11.3 Å². The van der Waals surface area contributed by atoms with Crippen LogP contribution in [0, 0.1) is 6.92 Å². The van der Waals surface area contributed by atoms with Crippen LogP contribution in [0.25, 0.3) is 0 Å². The van der Waals surface area contributed by atoms with Gasteiger partial charge < -0.3 is 10.2 Å². The van der Waals surface area contributed by atoms with E-state index in [-0.39, 0.29) is 5.91 Å². The fourth-order valence-electron chi connectivity index (χ4n) is 3.56. The molecule has 0 radical (unpaired) electrons. The largest absolute Gasteiger partial charge is 0.348 e. The third kappa shape index (κ3) is 2.81. The second-order valence-corrected chi connectivity index (χ2v) is 8.48. The fraction of sp³-hybridized carbons (Fsp3) is 0.667. The van der Waals surface area contributed by atoms with Crippen LogP contribution >= 0.6 is 27.3 Å². The van der Waals surface area contributed by atoms with E-state index >= 15 is 0 Å². The van der Waals surface area contributed by atoms with Gasteiger partial charge in [-0.2, -0.15) is 0 Å². The van der Waals surface area contributed by atoms with Crippen molar-refractivity contribution < 1.29 is 4.79 Å². The van der Waals surface area contributed by atoms with Crippen LogP contribution < -0.4 is 5.32 Å². The number of nitrogens with zero attached hydrogens (tertiary/aromatic N) is 1. The highest BCUT2D eigenvalue weighted by Gasteiger charge is 2.36. The van der Waals surface area contributed by atoms with Crippen LogP contribution in [-0.2, 0) is 0 Å². The standard InChI is InChI=1S/C15H21BrN2OS/c1-9-6-13(20-14(9)16)15(19)17-10-7-11-4-3-5-12(8-10)18(11)2/h6,10-12H,3-5,7-8H2,1-2H3,(H,17,19). The average Bonchev–Trinajstić information content (AvgIpc) is 2.71. The van der Waals surface area contributed by atoms with Crippen molar-refractivity contribution in [2.75, 3.05) is 7.05 Å². The number of carbonyl (C=O) groups excluding carboxylic acids is 1. The van der Waals surface area contributed by atoms with Gasteiger partial charge in [0.05, 0.1) is 8.66 Å². The number of carbonyl (C=O) groups is 1. The Labute approximate surface area is 132 Å². The molecule has 0 aromatic carbocycles. The monoisotopic (exact) mass is 356 g/mol. The van der Waals surface area contributed by atoms with Gasteiger partial charge in [0.25, 0.3) is 5.91 Å².